The molecule has 1 rings (SSSR count). The van der Waals surface area contributed by atoms with Crippen LogP contribution in [0.1, 0.15) is 0 Å². The molecule has 0 saturated carbocycles. The lowest BCUT2D eigenvalue weighted by atomic mass is 10.00. The molecule has 1 heterocycles. The van der Waals surface area contributed by atoms with E-state index in [1.807, 2.05) is 0 Å². The van der Waals surface area contributed by atoms with Gasteiger partial charge in [-0.15, -0.1) is 0 Å². The molecule has 0 unspecified atom stereocenters. The Kier molecular flexibility index (Phi) is 3.23. The third kappa shape index (κ3) is 1.98. The van der Waals surface area contributed by atoms with E-state index in [1.54, 1.807) is 0 Å². The first-order valence-corrected chi connectivity index (χ1v) is 3.90. The molecule has 5 atom stereocenters. The molecule has 0 amide bonds. The predicted molar refractivity (Wildman–Crippen MR) is 39.8 cm³/mol. The van der Waals surface area contributed by atoms with Gasteiger partial charge in [-0.2, -0.15) is 0 Å². The molecule has 1 aliphatic rings. The summed E-state index contributed by atoms with van der Waals surface area (Å²) in [6.45, 7) is 0. The van der Waals surface area contributed by atoms with Gasteiger partial charge in [0.1, 0.15) is 18.3 Å². The van der Waals surface area contributed by atoms with E-state index >= 15 is 0 Å². The molecule has 0 spiro atoms. The van der Waals surface area contributed by atoms with Gasteiger partial charge in [-0.05, 0) is 11.6 Å². The van der Waals surface area contributed by atoms with Crippen molar-refractivity contribution in [2.75, 3.05) is 0 Å². The van der Waals surface area contributed by atoms with E-state index in [4.69, 9.17) is 32.0 Å². The van der Waals surface area contributed by atoms with Gasteiger partial charge in [-0.3, -0.25) is 4.79 Å². The Morgan fingerprint density at radius 1 is 1.08 bits per heavy atom. The van der Waals surface area contributed by atoms with E-state index in [1.165, 1.54) is 0 Å². The van der Waals surface area contributed by atoms with Crippen LogP contribution in [-0.4, -0.2) is 56.4 Å². The third-order valence-corrected chi connectivity index (χ3v) is 2.03. The van der Waals surface area contributed by atoms with Crippen molar-refractivity contribution in [1.82, 2.24) is 0 Å². The van der Waals surface area contributed by atoms with E-state index in [2.05, 4.69) is 4.74 Å². The first-order valence-electron chi connectivity index (χ1n) is 3.52. The van der Waals surface area contributed by atoms with Crippen molar-refractivity contribution in [3.8, 4) is 0 Å². The van der Waals surface area contributed by atoms with E-state index in [0.717, 1.165) is 0 Å². The molecule has 4 N–H and O–H groups in total. The fraction of sp³-hybridized carbons (Fsp3) is 0.833. The summed E-state index contributed by atoms with van der Waals surface area (Å²) in [5.74, 6) is 0. The second-order valence-corrected chi connectivity index (χ2v) is 3.10. The molecular weight excluding hydrogens is 204 g/mol. The van der Waals surface area contributed by atoms with E-state index < -0.39 is 35.9 Å². The minimum absolute atomic E-state index is 1.04. The summed E-state index contributed by atoms with van der Waals surface area (Å²) < 4.78 is 4.46. The van der Waals surface area contributed by atoms with Gasteiger partial charge in [0.25, 0.3) is 5.24 Å². The molecular formula is C6H9ClO6. The van der Waals surface area contributed by atoms with Gasteiger partial charge in [0.15, 0.2) is 12.4 Å². The van der Waals surface area contributed by atoms with Crippen LogP contribution in [0.4, 0.5) is 0 Å². The summed E-state index contributed by atoms with van der Waals surface area (Å²) in [5.41, 5.74) is 0. The third-order valence-electron chi connectivity index (χ3n) is 1.81. The van der Waals surface area contributed by atoms with E-state index in [-0.39, 0.29) is 0 Å². The van der Waals surface area contributed by atoms with Gasteiger partial charge in [-0.1, -0.05) is 0 Å². The molecule has 76 valence electrons. The van der Waals surface area contributed by atoms with Crippen molar-refractivity contribution in [3.63, 3.8) is 0 Å². The van der Waals surface area contributed by atoms with Gasteiger partial charge in [-0.25, -0.2) is 0 Å². The van der Waals surface area contributed by atoms with Crippen LogP contribution in [0.15, 0.2) is 0 Å². The number of hydrogen-bond acceptors (Lipinski definition) is 6. The van der Waals surface area contributed by atoms with Gasteiger partial charge >= 0.3 is 0 Å². The fourth-order valence-corrected chi connectivity index (χ4v) is 1.23. The van der Waals surface area contributed by atoms with Gasteiger partial charge < -0.3 is 25.2 Å². The highest BCUT2D eigenvalue weighted by atomic mass is 35.5. The van der Waals surface area contributed by atoms with Crippen molar-refractivity contribution in [1.29, 1.82) is 0 Å². The molecule has 1 saturated heterocycles. The molecule has 0 aliphatic carbocycles. The lowest BCUT2D eigenvalue weighted by Gasteiger charge is -2.36. The van der Waals surface area contributed by atoms with Gasteiger partial charge in [0.05, 0.1) is 0 Å². The molecule has 13 heavy (non-hydrogen) atoms. The van der Waals surface area contributed by atoms with Crippen molar-refractivity contribution in [2.45, 2.75) is 30.7 Å². The van der Waals surface area contributed by atoms with Crippen LogP contribution in [0.5, 0.6) is 0 Å². The average Bonchev–Trinajstić information content (AvgIpc) is 2.07. The maximum absolute atomic E-state index is 10.6. The molecule has 7 heteroatoms. The lowest BCUT2D eigenvalue weighted by molar-refractivity contribution is -0.273. The number of rotatable bonds is 1. The van der Waals surface area contributed by atoms with Crippen LogP contribution in [-0.2, 0) is 9.53 Å². The zero-order valence-electron chi connectivity index (χ0n) is 6.37. The van der Waals surface area contributed by atoms with E-state index in [0.29, 0.717) is 0 Å². The Hall–Kier alpha value is -0.240. The Labute approximate surface area is 78.3 Å². The Morgan fingerprint density at radius 2 is 1.62 bits per heavy atom. The van der Waals surface area contributed by atoms with Crippen LogP contribution >= 0.6 is 11.6 Å². The highest BCUT2D eigenvalue weighted by molar-refractivity contribution is 6.64. The minimum atomic E-state index is -1.73. The molecule has 6 nitrogen and oxygen atoms in total. The van der Waals surface area contributed by atoms with Crippen molar-refractivity contribution >= 4 is 16.8 Å². The van der Waals surface area contributed by atoms with Crippen LogP contribution in [0.3, 0.4) is 0 Å². The summed E-state index contributed by atoms with van der Waals surface area (Å²) in [5, 5.41) is 35.1. The second-order valence-electron chi connectivity index (χ2n) is 2.72. The standard InChI is InChI=1S/C6H9ClO6/c7-5(11)4-2(9)1(8)3(10)6(12)13-4/h1-4,6,8-10,12H/t1-,2-,3+,4-,6+/m0/s1. The predicted octanol–water partition coefficient (Wildman–Crippen LogP) is -2.45. The average molecular weight is 213 g/mol. The van der Waals surface area contributed by atoms with Crippen molar-refractivity contribution < 1.29 is 30.0 Å². The summed E-state index contributed by atoms with van der Waals surface area (Å²) in [6.07, 6.45) is -8.19. The maximum Gasteiger partial charge on any atom is 0.253 e. The number of carbonyl (C=O) groups is 1. The highest BCUT2D eigenvalue weighted by Gasteiger charge is 2.45. The summed E-state index contributed by atoms with van der Waals surface area (Å²) in [6, 6.07) is 0. The number of halogens is 1. The second kappa shape index (κ2) is 3.87. The summed E-state index contributed by atoms with van der Waals surface area (Å²) in [4.78, 5) is 10.6. The number of carbonyl (C=O) groups excluding carboxylic acids is 1. The first-order chi connectivity index (χ1) is 5.95. The summed E-state index contributed by atoms with van der Waals surface area (Å²) in [7, 11) is 0. The summed E-state index contributed by atoms with van der Waals surface area (Å²) >= 11 is 5.00. The SMILES string of the molecule is O=C(Cl)[C@H]1O[C@@H](O)[C@H](O)[C@@H](O)[C@@H]1O. The number of ether oxygens (including phenoxy) is 1. The molecule has 1 fully saturated rings. The quantitative estimate of drug-likeness (QED) is 0.360. The molecule has 0 radical (unpaired) electrons. The minimum Gasteiger partial charge on any atom is -0.387 e. The first kappa shape index (κ1) is 10.8. The van der Waals surface area contributed by atoms with Gasteiger partial charge in [0, 0.05) is 0 Å². The fourth-order valence-electron chi connectivity index (χ4n) is 1.05. The van der Waals surface area contributed by atoms with Crippen LogP contribution in [0.2, 0.25) is 0 Å². The Morgan fingerprint density at radius 3 is 2.08 bits per heavy atom. The molecule has 0 aromatic rings. The normalized spacial score (nSPS) is 46.1. The molecule has 0 aromatic carbocycles. The number of aliphatic hydroxyl groups excluding tert-OH is 4. The number of aliphatic hydroxyl groups is 4. The topological polar surface area (TPSA) is 107 Å². The van der Waals surface area contributed by atoms with Crippen LogP contribution < -0.4 is 0 Å². The molecule has 1 aliphatic heterocycles. The maximum atomic E-state index is 10.6. The zero-order chi connectivity index (χ0) is 10.2. The molecule has 0 bridgehead atoms. The van der Waals surface area contributed by atoms with Crippen LogP contribution in [0, 0.1) is 0 Å². The van der Waals surface area contributed by atoms with Gasteiger partial charge in [0.2, 0.25) is 0 Å². The molecule has 0 aromatic heterocycles. The largest absolute Gasteiger partial charge is 0.387 e. The Bertz CT molecular complexity index is 209. The number of hydrogen-bond donors (Lipinski definition) is 4. The highest BCUT2D eigenvalue weighted by Crippen LogP contribution is 2.21. The van der Waals surface area contributed by atoms with Crippen molar-refractivity contribution in [2.24, 2.45) is 0 Å². The van der Waals surface area contributed by atoms with Crippen LogP contribution in [0.25, 0.3) is 0 Å². The monoisotopic (exact) mass is 212 g/mol. The zero-order valence-corrected chi connectivity index (χ0v) is 7.13. The smallest absolute Gasteiger partial charge is 0.253 e. The van der Waals surface area contributed by atoms with E-state index in [9.17, 15) is 4.79 Å². The van der Waals surface area contributed by atoms with Crippen molar-refractivity contribution in [3.05, 3.63) is 0 Å². The lowest BCUT2D eigenvalue weighted by Crippen LogP contribution is -2.59. The Balaban J connectivity index is 2.76.